The molecule has 4 heteroatoms. The quantitative estimate of drug-likeness (QED) is 0.467. The number of aliphatic carboxylic acids is 1. The number of carboxylic acids is 1. The summed E-state index contributed by atoms with van der Waals surface area (Å²) in [4.78, 5) is 11.3. The molecule has 1 atom stereocenters. The second kappa shape index (κ2) is 6.32. The van der Waals surface area contributed by atoms with Crippen LogP contribution in [0, 0.1) is 0 Å². The van der Waals surface area contributed by atoms with Crippen LogP contribution in [0.15, 0.2) is 66.7 Å². The SMILES string of the molecule is C[C@H](C(=O)O)c1ccc2c(-c3c(O)ccc4ccccc34)c(O)ccc2c1. The minimum atomic E-state index is -0.889. The van der Waals surface area contributed by atoms with Gasteiger partial charge < -0.3 is 15.3 Å². The van der Waals surface area contributed by atoms with Crippen molar-refractivity contribution in [3.63, 3.8) is 0 Å². The van der Waals surface area contributed by atoms with Gasteiger partial charge in [-0.15, -0.1) is 0 Å². The predicted molar refractivity (Wildman–Crippen MR) is 106 cm³/mol. The molecule has 0 aliphatic carbocycles. The van der Waals surface area contributed by atoms with E-state index in [1.807, 2.05) is 36.4 Å². The van der Waals surface area contributed by atoms with Gasteiger partial charge >= 0.3 is 5.97 Å². The smallest absolute Gasteiger partial charge is 0.310 e. The fraction of sp³-hybridized carbons (Fsp3) is 0.0870. The van der Waals surface area contributed by atoms with Gasteiger partial charge in [0.05, 0.1) is 5.92 Å². The van der Waals surface area contributed by atoms with Gasteiger partial charge in [0.15, 0.2) is 0 Å². The summed E-state index contributed by atoms with van der Waals surface area (Å²) in [7, 11) is 0. The Kier molecular flexibility index (Phi) is 3.96. The third kappa shape index (κ3) is 2.75. The molecular formula is C23H18O4. The fourth-order valence-corrected chi connectivity index (χ4v) is 3.53. The highest BCUT2D eigenvalue weighted by molar-refractivity contribution is 6.09. The van der Waals surface area contributed by atoms with Crippen molar-refractivity contribution >= 4 is 27.5 Å². The molecule has 0 bridgehead atoms. The molecule has 0 saturated carbocycles. The Bertz CT molecular complexity index is 1190. The minimum absolute atomic E-state index is 0.0631. The number of hydrogen-bond acceptors (Lipinski definition) is 3. The number of aromatic hydroxyl groups is 2. The first-order valence-corrected chi connectivity index (χ1v) is 8.67. The van der Waals surface area contributed by atoms with Crippen molar-refractivity contribution < 1.29 is 20.1 Å². The molecule has 0 amide bonds. The minimum Gasteiger partial charge on any atom is -0.507 e. The first-order valence-electron chi connectivity index (χ1n) is 8.67. The van der Waals surface area contributed by atoms with E-state index in [-0.39, 0.29) is 11.5 Å². The summed E-state index contributed by atoms with van der Waals surface area (Å²) in [6, 6.07) is 19.8. The van der Waals surface area contributed by atoms with Crippen LogP contribution in [0.3, 0.4) is 0 Å². The number of phenolic OH excluding ortho intramolecular Hbond substituents is 2. The molecule has 0 heterocycles. The van der Waals surface area contributed by atoms with Crippen molar-refractivity contribution in [3.05, 3.63) is 72.3 Å². The van der Waals surface area contributed by atoms with Gasteiger partial charge in [-0.1, -0.05) is 54.6 Å². The molecule has 4 aromatic rings. The summed E-state index contributed by atoms with van der Waals surface area (Å²) in [6.45, 7) is 1.64. The van der Waals surface area contributed by atoms with E-state index in [0.29, 0.717) is 16.7 Å². The number of carboxylic acid groups (broad SMARTS) is 1. The van der Waals surface area contributed by atoms with E-state index < -0.39 is 11.9 Å². The van der Waals surface area contributed by atoms with E-state index in [4.69, 9.17) is 0 Å². The normalized spacial score (nSPS) is 12.3. The van der Waals surface area contributed by atoms with Gasteiger partial charge in [0, 0.05) is 11.1 Å². The van der Waals surface area contributed by atoms with Gasteiger partial charge in [0.1, 0.15) is 11.5 Å². The molecular weight excluding hydrogens is 340 g/mol. The molecule has 4 nitrogen and oxygen atoms in total. The van der Waals surface area contributed by atoms with Gasteiger partial charge in [-0.3, -0.25) is 4.79 Å². The topological polar surface area (TPSA) is 77.8 Å². The van der Waals surface area contributed by atoms with Gasteiger partial charge in [-0.05, 0) is 46.2 Å². The predicted octanol–water partition coefficient (Wildman–Crippen LogP) is 5.26. The van der Waals surface area contributed by atoms with Crippen molar-refractivity contribution in [2.24, 2.45) is 0 Å². The van der Waals surface area contributed by atoms with Crippen LogP contribution in [0.25, 0.3) is 32.7 Å². The summed E-state index contributed by atoms with van der Waals surface area (Å²) in [5.41, 5.74) is 1.79. The van der Waals surface area contributed by atoms with Crippen LogP contribution in [0.2, 0.25) is 0 Å². The Labute approximate surface area is 155 Å². The molecule has 0 radical (unpaired) electrons. The van der Waals surface area contributed by atoms with Crippen LogP contribution < -0.4 is 0 Å². The average Bonchev–Trinajstić information content (AvgIpc) is 2.68. The highest BCUT2D eigenvalue weighted by Crippen LogP contribution is 2.44. The molecule has 0 aliphatic rings. The lowest BCUT2D eigenvalue weighted by molar-refractivity contribution is -0.138. The van der Waals surface area contributed by atoms with Crippen molar-refractivity contribution in [1.29, 1.82) is 0 Å². The Morgan fingerprint density at radius 1 is 0.778 bits per heavy atom. The maximum atomic E-state index is 11.3. The lowest BCUT2D eigenvalue weighted by Gasteiger charge is -2.15. The van der Waals surface area contributed by atoms with Crippen LogP contribution in [0.1, 0.15) is 18.4 Å². The maximum Gasteiger partial charge on any atom is 0.310 e. The lowest BCUT2D eigenvalue weighted by Crippen LogP contribution is -2.07. The van der Waals surface area contributed by atoms with Gasteiger partial charge in [0.2, 0.25) is 0 Å². The monoisotopic (exact) mass is 358 g/mol. The average molecular weight is 358 g/mol. The van der Waals surface area contributed by atoms with Crippen molar-refractivity contribution in [3.8, 4) is 22.6 Å². The largest absolute Gasteiger partial charge is 0.507 e. The summed E-state index contributed by atoms with van der Waals surface area (Å²) < 4.78 is 0. The fourth-order valence-electron chi connectivity index (χ4n) is 3.53. The second-order valence-electron chi connectivity index (χ2n) is 6.68. The molecule has 0 saturated heterocycles. The molecule has 27 heavy (non-hydrogen) atoms. The third-order valence-electron chi connectivity index (χ3n) is 5.05. The molecule has 0 spiro atoms. The van der Waals surface area contributed by atoms with Crippen molar-refractivity contribution in [2.75, 3.05) is 0 Å². The zero-order valence-electron chi connectivity index (χ0n) is 14.7. The Hall–Kier alpha value is -3.53. The molecule has 0 fully saturated rings. The molecule has 4 aromatic carbocycles. The molecule has 4 rings (SSSR count). The van der Waals surface area contributed by atoms with Crippen LogP contribution in [-0.2, 0) is 4.79 Å². The summed E-state index contributed by atoms with van der Waals surface area (Å²) in [6.07, 6.45) is 0. The van der Waals surface area contributed by atoms with E-state index >= 15 is 0 Å². The summed E-state index contributed by atoms with van der Waals surface area (Å²) in [5.74, 6) is -1.37. The molecule has 134 valence electrons. The van der Waals surface area contributed by atoms with Crippen molar-refractivity contribution in [1.82, 2.24) is 0 Å². The first kappa shape index (κ1) is 16.9. The summed E-state index contributed by atoms with van der Waals surface area (Å²) >= 11 is 0. The Balaban J connectivity index is 2.04. The Morgan fingerprint density at radius 3 is 2.04 bits per heavy atom. The number of phenols is 2. The van der Waals surface area contributed by atoms with Crippen molar-refractivity contribution in [2.45, 2.75) is 12.8 Å². The van der Waals surface area contributed by atoms with E-state index in [1.165, 1.54) is 0 Å². The van der Waals surface area contributed by atoms with Crippen LogP contribution in [0.5, 0.6) is 11.5 Å². The number of hydrogen-bond donors (Lipinski definition) is 3. The molecule has 0 aliphatic heterocycles. The molecule has 3 N–H and O–H groups in total. The number of fused-ring (bicyclic) bond motifs is 2. The molecule has 0 aromatic heterocycles. The molecule has 0 unspecified atom stereocenters. The summed E-state index contributed by atoms with van der Waals surface area (Å²) in [5, 5.41) is 33.8. The standard InChI is InChI=1S/C23H18O4/c1-13(23(26)27)15-6-9-18-16(12-15)8-11-20(25)22(18)21-17-5-3-2-4-14(17)7-10-19(21)24/h2-13,24-25H,1H3,(H,26,27)/t13-/m0/s1. The second-order valence-corrected chi connectivity index (χ2v) is 6.68. The van der Waals surface area contributed by atoms with Gasteiger partial charge in [0.25, 0.3) is 0 Å². The highest BCUT2D eigenvalue weighted by Gasteiger charge is 2.18. The van der Waals surface area contributed by atoms with E-state index in [1.54, 1.807) is 37.3 Å². The Morgan fingerprint density at radius 2 is 1.37 bits per heavy atom. The van der Waals surface area contributed by atoms with Gasteiger partial charge in [-0.25, -0.2) is 0 Å². The van der Waals surface area contributed by atoms with E-state index in [0.717, 1.165) is 21.5 Å². The zero-order valence-corrected chi connectivity index (χ0v) is 14.7. The van der Waals surface area contributed by atoms with E-state index in [9.17, 15) is 20.1 Å². The highest BCUT2D eigenvalue weighted by atomic mass is 16.4. The van der Waals surface area contributed by atoms with Crippen LogP contribution in [-0.4, -0.2) is 21.3 Å². The van der Waals surface area contributed by atoms with Crippen LogP contribution >= 0.6 is 0 Å². The number of carbonyl (C=O) groups is 1. The maximum absolute atomic E-state index is 11.3. The first-order chi connectivity index (χ1) is 13.0. The van der Waals surface area contributed by atoms with E-state index in [2.05, 4.69) is 0 Å². The zero-order chi connectivity index (χ0) is 19.1. The number of benzene rings is 4. The third-order valence-corrected chi connectivity index (χ3v) is 5.05. The van der Waals surface area contributed by atoms with Crippen LogP contribution in [0.4, 0.5) is 0 Å². The number of rotatable bonds is 3. The lowest BCUT2D eigenvalue weighted by atomic mass is 9.90. The van der Waals surface area contributed by atoms with Gasteiger partial charge in [-0.2, -0.15) is 0 Å².